The minimum Gasteiger partial charge on any atom is -0.507 e. The maximum Gasteiger partial charge on any atom is 0.319 e. The molecule has 2 rings (SSSR count). The molecule has 0 aliphatic heterocycles. The van der Waals surface area contributed by atoms with Crippen LogP contribution in [0.2, 0.25) is 0 Å². The van der Waals surface area contributed by atoms with Crippen LogP contribution in [0, 0.1) is 0 Å². The summed E-state index contributed by atoms with van der Waals surface area (Å²) in [5.41, 5.74) is 3.32. The van der Waals surface area contributed by atoms with Gasteiger partial charge in [-0.15, -0.1) is 11.8 Å². The Morgan fingerprint density at radius 3 is 1.17 bits per heavy atom. The minimum absolute atomic E-state index is 0.177. The lowest BCUT2D eigenvalue weighted by Gasteiger charge is -2.29. The highest BCUT2D eigenvalue weighted by Gasteiger charge is 2.33. The number of phenolic OH excluding ortho intramolecular Hbond substituents is 2. The zero-order valence-electron chi connectivity index (χ0n) is 27.9. The molecule has 0 spiro atoms. The molecule has 2 unspecified atom stereocenters. The Morgan fingerprint density at radius 1 is 0.643 bits per heavy atom. The molecule has 0 aromatic heterocycles. The van der Waals surface area contributed by atoms with Crippen molar-refractivity contribution in [2.75, 3.05) is 7.11 Å². The van der Waals surface area contributed by atoms with Gasteiger partial charge in [-0.2, -0.15) is 0 Å². The SMILES string of the molecule is COC(=O)C(Cc1cc(C(C)(C)C)c(O)c(C(C)(C)C)c1)SC(Cc1cc(C(C)(C)C)c(O)c(C(C)(C)C)c1)C(=O)O. The molecule has 2 aromatic rings. The molecule has 0 aliphatic rings. The van der Waals surface area contributed by atoms with Gasteiger partial charge < -0.3 is 20.1 Å². The van der Waals surface area contributed by atoms with Crippen molar-refractivity contribution in [3.8, 4) is 11.5 Å². The summed E-state index contributed by atoms with van der Waals surface area (Å²) in [6.07, 6.45) is 0.430. The van der Waals surface area contributed by atoms with E-state index in [1.165, 1.54) is 7.11 Å². The monoisotopic (exact) mass is 600 g/mol. The van der Waals surface area contributed by atoms with Gasteiger partial charge in [0, 0.05) is 0 Å². The van der Waals surface area contributed by atoms with E-state index in [4.69, 9.17) is 4.74 Å². The molecule has 0 aliphatic carbocycles. The molecule has 7 heteroatoms. The van der Waals surface area contributed by atoms with Gasteiger partial charge in [-0.1, -0.05) is 107 Å². The molecule has 6 nitrogen and oxygen atoms in total. The fourth-order valence-electron chi connectivity index (χ4n) is 5.05. The third-order valence-corrected chi connectivity index (χ3v) is 8.87. The molecule has 2 atom stereocenters. The number of carbonyl (C=O) groups excluding carboxylic acids is 1. The lowest BCUT2D eigenvalue weighted by molar-refractivity contribution is -0.139. The van der Waals surface area contributed by atoms with Crippen LogP contribution in [-0.2, 0) is 48.8 Å². The number of carboxylic acids is 1. The van der Waals surface area contributed by atoms with Crippen LogP contribution < -0.4 is 0 Å². The van der Waals surface area contributed by atoms with Crippen LogP contribution in [0.25, 0.3) is 0 Å². The van der Waals surface area contributed by atoms with Crippen molar-refractivity contribution in [2.45, 2.75) is 128 Å². The smallest absolute Gasteiger partial charge is 0.319 e. The first-order valence-corrected chi connectivity index (χ1v) is 15.5. The number of hydrogen-bond donors (Lipinski definition) is 3. The Morgan fingerprint density at radius 2 is 0.929 bits per heavy atom. The van der Waals surface area contributed by atoms with E-state index in [9.17, 15) is 24.9 Å². The van der Waals surface area contributed by atoms with Gasteiger partial charge in [-0.05, 0) is 67.9 Å². The maximum absolute atomic E-state index is 13.1. The highest BCUT2D eigenvalue weighted by Crippen LogP contribution is 2.42. The number of methoxy groups -OCH3 is 1. The Bertz CT molecular complexity index is 1230. The molecule has 3 N–H and O–H groups in total. The number of aliphatic carboxylic acids is 1. The van der Waals surface area contributed by atoms with Gasteiger partial charge in [-0.3, -0.25) is 9.59 Å². The van der Waals surface area contributed by atoms with Crippen molar-refractivity contribution < 1.29 is 29.6 Å². The predicted octanol–water partition coefficient (Wildman–Crippen LogP) is 7.80. The highest BCUT2D eigenvalue weighted by molar-refractivity contribution is 8.01. The standard InChI is InChI=1S/C35H52O6S/c1-32(2,3)22-14-20(15-23(28(22)36)33(4,5)6)18-26(30(38)39)42-27(31(40)41-13)19-21-16-24(34(7,8)9)29(37)25(17-21)35(10,11)12/h14-17,26-27,36-37H,18-19H2,1-13H3,(H,38,39). The topological polar surface area (TPSA) is 104 Å². The Kier molecular flexibility index (Phi) is 10.6. The van der Waals surface area contributed by atoms with Crippen LogP contribution in [0.15, 0.2) is 24.3 Å². The number of hydrogen-bond acceptors (Lipinski definition) is 6. The van der Waals surface area contributed by atoms with E-state index in [-0.39, 0.29) is 46.0 Å². The third-order valence-electron chi connectivity index (χ3n) is 7.48. The Balaban J connectivity index is 2.58. The first kappa shape index (κ1) is 35.5. The summed E-state index contributed by atoms with van der Waals surface area (Å²) in [4.78, 5) is 25.6. The minimum atomic E-state index is -1.02. The largest absolute Gasteiger partial charge is 0.507 e. The van der Waals surface area contributed by atoms with Gasteiger partial charge in [0.25, 0.3) is 0 Å². The molecule has 0 saturated carbocycles. The van der Waals surface area contributed by atoms with Gasteiger partial charge >= 0.3 is 11.9 Å². The molecule has 0 bridgehead atoms. The van der Waals surface area contributed by atoms with Gasteiger partial charge in [0.15, 0.2) is 0 Å². The molecule has 0 heterocycles. The van der Waals surface area contributed by atoms with Gasteiger partial charge in [-0.25, -0.2) is 0 Å². The first-order valence-electron chi connectivity index (χ1n) is 14.6. The second-order valence-corrected chi connectivity index (χ2v) is 16.9. The summed E-state index contributed by atoms with van der Waals surface area (Å²) in [7, 11) is 1.31. The zero-order valence-corrected chi connectivity index (χ0v) is 28.7. The van der Waals surface area contributed by atoms with Crippen molar-refractivity contribution in [3.05, 3.63) is 57.6 Å². The number of aromatic hydroxyl groups is 2. The summed E-state index contributed by atoms with van der Waals surface area (Å²) in [6, 6.07) is 7.61. The lowest BCUT2D eigenvalue weighted by Crippen LogP contribution is -2.30. The molecule has 0 fully saturated rings. The molecular weight excluding hydrogens is 548 g/mol. The quantitative estimate of drug-likeness (QED) is 0.266. The van der Waals surface area contributed by atoms with E-state index in [0.717, 1.165) is 45.1 Å². The van der Waals surface area contributed by atoms with E-state index < -0.39 is 22.4 Å². The number of ether oxygens (including phenoxy) is 1. The fourth-order valence-corrected chi connectivity index (χ4v) is 6.35. The van der Waals surface area contributed by atoms with Crippen LogP contribution in [0.3, 0.4) is 0 Å². The molecule has 0 radical (unpaired) electrons. The number of rotatable bonds is 8. The Hall–Kier alpha value is -2.67. The normalized spacial score (nSPS) is 14.4. The van der Waals surface area contributed by atoms with Crippen molar-refractivity contribution in [1.29, 1.82) is 0 Å². The number of benzene rings is 2. The second-order valence-electron chi connectivity index (χ2n) is 15.5. The summed E-state index contributed by atoms with van der Waals surface area (Å²) >= 11 is 1.08. The molecule has 42 heavy (non-hydrogen) atoms. The maximum atomic E-state index is 13.1. The molecule has 0 amide bonds. The summed E-state index contributed by atoms with van der Waals surface area (Å²) in [6.45, 7) is 24.3. The highest BCUT2D eigenvalue weighted by atomic mass is 32.2. The van der Waals surface area contributed by atoms with Crippen molar-refractivity contribution in [1.82, 2.24) is 0 Å². The first-order chi connectivity index (χ1) is 18.9. The number of carbonyl (C=O) groups is 2. The summed E-state index contributed by atoms with van der Waals surface area (Å²) < 4.78 is 5.14. The molecule has 0 saturated heterocycles. The van der Waals surface area contributed by atoms with Gasteiger partial charge in [0.2, 0.25) is 0 Å². The number of thioether (sulfide) groups is 1. The van der Waals surface area contributed by atoms with Crippen molar-refractivity contribution >= 4 is 23.7 Å². The van der Waals surface area contributed by atoms with E-state index in [1.807, 2.05) is 107 Å². The molecule has 234 valence electrons. The number of phenols is 2. The average Bonchev–Trinajstić information content (AvgIpc) is 2.81. The molecule has 2 aromatic carbocycles. The van der Waals surface area contributed by atoms with Crippen LogP contribution in [0.4, 0.5) is 0 Å². The van der Waals surface area contributed by atoms with Crippen LogP contribution in [-0.4, -0.2) is 44.9 Å². The Labute approximate surface area is 257 Å². The van der Waals surface area contributed by atoms with Crippen LogP contribution >= 0.6 is 11.8 Å². The van der Waals surface area contributed by atoms with E-state index in [2.05, 4.69) is 0 Å². The van der Waals surface area contributed by atoms with E-state index >= 15 is 0 Å². The van der Waals surface area contributed by atoms with Crippen molar-refractivity contribution in [3.63, 3.8) is 0 Å². The predicted molar refractivity (Wildman–Crippen MR) is 173 cm³/mol. The van der Waals surface area contributed by atoms with Crippen molar-refractivity contribution in [2.24, 2.45) is 0 Å². The van der Waals surface area contributed by atoms with Crippen LogP contribution in [0.5, 0.6) is 11.5 Å². The third kappa shape index (κ3) is 8.68. The summed E-state index contributed by atoms with van der Waals surface area (Å²) in [5.74, 6) is -1.03. The van der Waals surface area contributed by atoms with E-state index in [0.29, 0.717) is 0 Å². The second kappa shape index (κ2) is 12.5. The van der Waals surface area contributed by atoms with E-state index in [1.54, 1.807) is 0 Å². The molecular formula is C35H52O6S. The fraction of sp³-hybridized carbons (Fsp3) is 0.600. The zero-order chi connectivity index (χ0) is 32.6. The average molecular weight is 601 g/mol. The number of esters is 1. The van der Waals surface area contributed by atoms with Crippen LogP contribution in [0.1, 0.15) is 116 Å². The van der Waals surface area contributed by atoms with Gasteiger partial charge in [0.05, 0.1) is 7.11 Å². The lowest BCUT2D eigenvalue weighted by atomic mass is 9.78. The summed E-state index contributed by atoms with van der Waals surface area (Å²) in [5, 5.41) is 30.9. The number of carboxylic acid groups (broad SMARTS) is 1. The van der Waals surface area contributed by atoms with Gasteiger partial charge in [0.1, 0.15) is 22.0 Å².